The van der Waals surface area contributed by atoms with Gasteiger partial charge in [-0.25, -0.2) is 9.50 Å². The summed E-state index contributed by atoms with van der Waals surface area (Å²) < 4.78 is 1.34. The molecule has 24 heavy (non-hydrogen) atoms. The van der Waals surface area contributed by atoms with Crippen LogP contribution in [0.15, 0.2) is 48.6 Å². The lowest BCUT2D eigenvalue weighted by molar-refractivity contribution is 0.0755. The first-order valence-electron chi connectivity index (χ1n) is 7.17. The summed E-state index contributed by atoms with van der Waals surface area (Å²) in [7, 11) is 0. The maximum Gasteiger partial charge on any atom is 0.273 e. The molecule has 0 aliphatic rings. The summed E-state index contributed by atoms with van der Waals surface area (Å²) in [4.78, 5) is 31.2. The maximum absolute atomic E-state index is 12.9. The van der Waals surface area contributed by atoms with Crippen LogP contribution in [0.3, 0.4) is 0 Å². The third kappa shape index (κ3) is 2.91. The lowest BCUT2D eigenvalue weighted by Crippen LogP contribution is -2.32. The molecule has 0 bridgehead atoms. The van der Waals surface area contributed by atoms with E-state index in [0.29, 0.717) is 18.8 Å². The Balaban J connectivity index is 1.99. The van der Waals surface area contributed by atoms with E-state index in [9.17, 15) is 9.59 Å². The number of fused-ring (bicyclic) bond motifs is 1. The second kappa shape index (κ2) is 6.63. The molecular formula is C16H15N5O2S. The van der Waals surface area contributed by atoms with Crippen molar-refractivity contribution in [3.05, 3.63) is 64.8 Å². The topological polar surface area (TPSA) is 93.6 Å². The van der Waals surface area contributed by atoms with Crippen LogP contribution in [0.1, 0.15) is 25.7 Å². The Hall–Kier alpha value is -3.00. The van der Waals surface area contributed by atoms with E-state index in [4.69, 9.17) is 5.73 Å². The zero-order valence-electron chi connectivity index (χ0n) is 12.8. The van der Waals surface area contributed by atoms with Gasteiger partial charge in [0.15, 0.2) is 5.65 Å². The Kier molecular flexibility index (Phi) is 4.39. The van der Waals surface area contributed by atoms with Crippen molar-refractivity contribution in [3.63, 3.8) is 0 Å². The normalized spacial score (nSPS) is 10.7. The fourth-order valence-corrected chi connectivity index (χ4v) is 3.07. The Labute approximate surface area is 142 Å². The number of carbonyl (C=O) groups excluding carboxylic acids is 2. The lowest BCUT2D eigenvalue weighted by atomic mass is 10.3. The van der Waals surface area contributed by atoms with E-state index in [-0.39, 0.29) is 17.1 Å². The van der Waals surface area contributed by atoms with Crippen LogP contribution in [0.25, 0.3) is 5.65 Å². The highest BCUT2D eigenvalue weighted by atomic mass is 32.1. The van der Waals surface area contributed by atoms with Crippen LogP contribution in [-0.4, -0.2) is 37.9 Å². The highest BCUT2D eigenvalue weighted by Crippen LogP contribution is 2.16. The highest BCUT2D eigenvalue weighted by Gasteiger charge is 2.21. The number of primary amides is 1. The van der Waals surface area contributed by atoms with Gasteiger partial charge in [-0.1, -0.05) is 12.1 Å². The van der Waals surface area contributed by atoms with Crippen molar-refractivity contribution < 1.29 is 9.59 Å². The molecule has 0 aliphatic carbocycles. The van der Waals surface area contributed by atoms with E-state index in [1.165, 1.54) is 16.9 Å². The maximum atomic E-state index is 12.9. The van der Waals surface area contributed by atoms with Gasteiger partial charge in [0.05, 0.1) is 12.7 Å². The molecule has 0 spiro atoms. The van der Waals surface area contributed by atoms with E-state index >= 15 is 0 Å². The van der Waals surface area contributed by atoms with Crippen molar-refractivity contribution in [3.8, 4) is 0 Å². The van der Waals surface area contributed by atoms with Crippen LogP contribution in [0.4, 0.5) is 0 Å². The van der Waals surface area contributed by atoms with Crippen molar-refractivity contribution in [1.82, 2.24) is 19.5 Å². The van der Waals surface area contributed by atoms with Gasteiger partial charge < -0.3 is 10.6 Å². The molecule has 2 N–H and O–H groups in total. The zero-order valence-corrected chi connectivity index (χ0v) is 13.6. The number of hydrogen-bond donors (Lipinski definition) is 1. The fourth-order valence-electron chi connectivity index (χ4n) is 2.36. The molecule has 3 aromatic rings. The SMILES string of the molecule is C=CCN(Cc1cccs1)C(=O)c1ccnc2c(C(N)=O)cnn12. The van der Waals surface area contributed by atoms with Crippen molar-refractivity contribution in [2.75, 3.05) is 6.54 Å². The van der Waals surface area contributed by atoms with Crippen LogP contribution < -0.4 is 5.73 Å². The van der Waals surface area contributed by atoms with Crippen LogP contribution in [-0.2, 0) is 6.54 Å². The predicted octanol–water partition coefficient (Wildman–Crippen LogP) is 1.72. The third-order valence-electron chi connectivity index (χ3n) is 3.45. The number of aromatic nitrogens is 3. The van der Waals surface area contributed by atoms with Crippen LogP contribution in [0, 0.1) is 0 Å². The minimum absolute atomic E-state index is 0.179. The summed E-state index contributed by atoms with van der Waals surface area (Å²) in [6, 6.07) is 5.47. The van der Waals surface area contributed by atoms with Gasteiger partial charge in [-0.05, 0) is 17.5 Å². The van der Waals surface area contributed by atoms with E-state index < -0.39 is 5.91 Å². The number of rotatable bonds is 6. The van der Waals surface area contributed by atoms with Crippen molar-refractivity contribution in [1.29, 1.82) is 0 Å². The van der Waals surface area contributed by atoms with E-state index in [0.717, 1.165) is 4.88 Å². The van der Waals surface area contributed by atoms with Gasteiger partial charge >= 0.3 is 0 Å². The van der Waals surface area contributed by atoms with E-state index in [1.54, 1.807) is 28.4 Å². The van der Waals surface area contributed by atoms with Crippen molar-refractivity contribution >= 4 is 28.8 Å². The van der Waals surface area contributed by atoms with Crippen molar-refractivity contribution in [2.45, 2.75) is 6.54 Å². The first-order chi connectivity index (χ1) is 11.6. The molecule has 0 unspecified atom stereocenters. The molecule has 3 aromatic heterocycles. The van der Waals surface area contributed by atoms with Crippen LogP contribution in [0.5, 0.6) is 0 Å². The molecule has 2 amide bonds. The van der Waals surface area contributed by atoms with Gasteiger partial charge in [-0.2, -0.15) is 5.10 Å². The largest absolute Gasteiger partial charge is 0.365 e. The van der Waals surface area contributed by atoms with Crippen LogP contribution >= 0.6 is 11.3 Å². The summed E-state index contributed by atoms with van der Waals surface area (Å²) in [5, 5.41) is 6.04. The van der Waals surface area contributed by atoms with Gasteiger partial charge in [0.25, 0.3) is 11.8 Å². The third-order valence-corrected chi connectivity index (χ3v) is 4.31. The molecule has 3 heterocycles. The monoisotopic (exact) mass is 341 g/mol. The molecule has 0 aromatic carbocycles. The highest BCUT2D eigenvalue weighted by molar-refractivity contribution is 7.09. The van der Waals surface area contributed by atoms with E-state index in [1.807, 2.05) is 17.5 Å². The number of thiophene rings is 1. The molecule has 0 atom stereocenters. The molecule has 122 valence electrons. The predicted molar refractivity (Wildman–Crippen MR) is 90.8 cm³/mol. The molecule has 3 rings (SSSR count). The number of carbonyl (C=O) groups is 2. The standard InChI is InChI=1S/C16H15N5O2S/c1-2-7-20(10-11-4-3-8-24-11)16(23)13-5-6-18-15-12(14(17)22)9-19-21(13)15/h2-6,8-9H,1,7,10H2,(H2,17,22). The molecule has 0 saturated heterocycles. The zero-order chi connectivity index (χ0) is 17.1. The summed E-state index contributed by atoms with van der Waals surface area (Å²) in [6.07, 6.45) is 4.45. The second-order valence-electron chi connectivity index (χ2n) is 5.04. The Morgan fingerprint density at radius 1 is 1.42 bits per heavy atom. The lowest BCUT2D eigenvalue weighted by Gasteiger charge is -2.20. The fraction of sp³-hybridized carbons (Fsp3) is 0.125. The minimum atomic E-state index is -0.636. The quantitative estimate of drug-likeness (QED) is 0.691. The number of nitrogens with zero attached hydrogens (tertiary/aromatic N) is 4. The van der Waals surface area contributed by atoms with Gasteiger partial charge in [0.2, 0.25) is 0 Å². The van der Waals surface area contributed by atoms with E-state index in [2.05, 4.69) is 16.7 Å². The van der Waals surface area contributed by atoms with Crippen LogP contribution in [0.2, 0.25) is 0 Å². The Morgan fingerprint density at radius 3 is 2.92 bits per heavy atom. The van der Waals surface area contributed by atoms with Crippen molar-refractivity contribution in [2.24, 2.45) is 5.73 Å². The molecule has 8 heteroatoms. The minimum Gasteiger partial charge on any atom is -0.365 e. The number of amides is 2. The molecule has 7 nitrogen and oxygen atoms in total. The number of nitrogens with two attached hydrogens (primary N) is 1. The molecule has 0 aliphatic heterocycles. The summed E-state index contributed by atoms with van der Waals surface area (Å²) in [5.41, 5.74) is 6.07. The van der Waals surface area contributed by atoms with Gasteiger partial charge in [0, 0.05) is 17.6 Å². The average Bonchev–Trinajstić information content (AvgIpc) is 3.22. The summed E-state index contributed by atoms with van der Waals surface area (Å²) in [6.45, 7) is 4.57. The smallest absolute Gasteiger partial charge is 0.273 e. The van der Waals surface area contributed by atoms with Gasteiger partial charge in [0.1, 0.15) is 11.3 Å². The Bertz CT molecular complexity index is 900. The number of hydrogen-bond acceptors (Lipinski definition) is 5. The Morgan fingerprint density at radius 2 is 2.25 bits per heavy atom. The first kappa shape index (κ1) is 15.9. The summed E-state index contributed by atoms with van der Waals surface area (Å²) >= 11 is 1.58. The molecule has 0 fully saturated rings. The molecule has 0 radical (unpaired) electrons. The second-order valence-corrected chi connectivity index (χ2v) is 6.07. The summed E-state index contributed by atoms with van der Waals surface area (Å²) in [5.74, 6) is -0.863. The average molecular weight is 341 g/mol. The van der Waals surface area contributed by atoms with Gasteiger partial charge in [-0.15, -0.1) is 17.9 Å². The molecule has 0 saturated carbocycles. The molecular weight excluding hydrogens is 326 g/mol. The first-order valence-corrected chi connectivity index (χ1v) is 8.05. The van der Waals surface area contributed by atoms with Gasteiger partial charge in [-0.3, -0.25) is 9.59 Å².